The van der Waals surface area contributed by atoms with Crippen LogP contribution in [0.5, 0.6) is 0 Å². The van der Waals surface area contributed by atoms with Crippen LogP contribution in [0.3, 0.4) is 0 Å². The smallest absolute Gasteiger partial charge is 0.227 e. The van der Waals surface area contributed by atoms with Gasteiger partial charge in [0.2, 0.25) is 5.91 Å². The van der Waals surface area contributed by atoms with Crippen molar-refractivity contribution in [3.63, 3.8) is 0 Å². The Morgan fingerprint density at radius 2 is 2.00 bits per heavy atom. The summed E-state index contributed by atoms with van der Waals surface area (Å²) in [5.74, 6) is 0.185. The quantitative estimate of drug-likeness (QED) is 0.770. The number of nitrogens with zero attached hydrogens (tertiary/aromatic N) is 1. The van der Waals surface area contributed by atoms with Crippen LogP contribution in [0.15, 0.2) is 42.5 Å². The second-order valence-electron chi connectivity index (χ2n) is 6.60. The number of rotatable bonds is 6. The number of nitrogens with one attached hydrogen (secondary N) is 2. The number of hydrogen-bond donors (Lipinski definition) is 2. The van der Waals surface area contributed by atoms with E-state index in [0.29, 0.717) is 23.4 Å². The maximum atomic E-state index is 12.1. The number of ketones is 1. The van der Waals surface area contributed by atoms with Gasteiger partial charge in [-0.1, -0.05) is 18.6 Å². The third-order valence-electron chi connectivity index (χ3n) is 4.70. The van der Waals surface area contributed by atoms with E-state index in [2.05, 4.69) is 16.7 Å². The molecule has 5 heteroatoms. The Morgan fingerprint density at radius 1 is 1.19 bits per heavy atom. The Morgan fingerprint density at radius 3 is 2.65 bits per heavy atom. The third kappa shape index (κ3) is 4.09. The van der Waals surface area contributed by atoms with Crippen molar-refractivity contribution in [2.24, 2.45) is 5.92 Å². The highest BCUT2D eigenvalue weighted by Gasteiger charge is 2.25. The van der Waals surface area contributed by atoms with Crippen molar-refractivity contribution in [2.75, 3.05) is 10.6 Å². The lowest BCUT2D eigenvalue weighted by molar-refractivity contribution is -0.122. The van der Waals surface area contributed by atoms with E-state index < -0.39 is 0 Å². The molecule has 0 aromatic heterocycles. The lowest BCUT2D eigenvalue weighted by Crippen LogP contribution is -2.28. The van der Waals surface area contributed by atoms with Gasteiger partial charge in [0.1, 0.15) is 6.07 Å². The fraction of sp³-hybridized carbons (Fsp3) is 0.286. The molecular weight excluding hydrogens is 326 g/mol. The number of benzene rings is 2. The summed E-state index contributed by atoms with van der Waals surface area (Å²) >= 11 is 0. The van der Waals surface area contributed by atoms with E-state index in [4.69, 9.17) is 0 Å². The zero-order chi connectivity index (χ0) is 18.5. The zero-order valence-electron chi connectivity index (χ0n) is 14.7. The fourth-order valence-electron chi connectivity index (χ4n) is 2.88. The molecule has 0 aliphatic heterocycles. The van der Waals surface area contributed by atoms with E-state index in [9.17, 15) is 14.9 Å². The number of carbonyl (C=O) groups excluding carboxylic acids is 2. The fourth-order valence-corrected chi connectivity index (χ4v) is 2.88. The molecule has 0 bridgehead atoms. The number of nitriles is 1. The lowest BCUT2D eigenvalue weighted by Gasteiger charge is -2.24. The predicted molar refractivity (Wildman–Crippen MR) is 101 cm³/mol. The topological polar surface area (TPSA) is 82.0 Å². The Balaban J connectivity index is 1.69. The molecule has 0 radical (unpaired) electrons. The summed E-state index contributed by atoms with van der Waals surface area (Å²) in [4.78, 5) is 23.6. The first-order valence-corrected chi connectivity index (χ1v) is 8.75. The average Bonchev–Trinajstić information content (AvgIpc) is 2.58. The molecule has 26 heavy (non-hydrogen) atoms. The number of amides is 1. The summed E-state index contributed by atoms with van der Waals surface area (Å²) in [7, 11) is 0. The highest BCUT2D eigenvalue weighted by atomic mass is 16.2. The molecule has 1 fully saturated rings. The number of Topliss-reactive ketones (excluding diaryl/α,β-unsaturated/α-hetero) is 1. The molecule has 2 aromatic rings. The van der Waals surface area contributed by atoms with Crippen LogP contribution < -0.4 is 10.6 Å². The zero-order valence-corrected chi connectivity index (χ0v) is 14.7. The molecule has 132 valence electrons. The van der Waals surface area contributed by atoms with Crippen LogP contribution in [0.2, 0.25) is 0 Å². The van der Waals surface area contributed by atoms with Crippen LogP contribution in [-0.4, -0.2) is 11.7 Å². The number of anilines is 2. The van der Waals surface area contributed by atoms with Gasteiger partial charge in [-0.15, -0.1) is 0 Å². The van der Waals surface area contributed by atoms with Gasteiger partial charge in [-0.2, -0.15) is 5.26 Å². The minimum absolute atomic E-state index is 0.0433. The Labute approximate surface area is 153 Å². The SMILES string of the molecule is CC(=O)c1ccc(C#N)c(NCc2cccc(NC(=O)C3CCC3)c2)c1. The first kappa shape index (κ1) is 17.7. The first-order chi connectivity index (χ1) is 12.6. The van der Waals surface area contributed by atoms with Gasteiger partial charge in [-0.05, 0) is 55.7 Å². The van der Waals surface area contributed by atoms with Crippen molar-refractivity contribution >= 4 is 23.1 Å². The van der Waals surface area contributed by atoms with Crippen LogP contribution in [0, 0.1) is 17.2 Å². The van der Waals surface area contributed by atoms with Gasteiger partial charge in [0.25, 0.3) is 0 Å². The second kappa shape index (κ2) is 7.83. The largest absolute Gasteiger partial charge is 0.380 e. The van der Waals surface area contributed by atoms with E-state index in [0.717, 1.165) is 30.5 Å². The summed E-state index contributed by atoms with van der Waals surface area (Å²) in [5.41, 5.74) is 3.44. The summed E-state index contributed by atoms with van der Waals surface area (Å²) in [5, 5.41) is 15.4. The summed E-state index contributed by atoms with van der Waals surface area (Å²) < 4.78 is 0. The van der Waals surface area contributed by atoms with Crippen LogP contribution in [0.25, 0.3) is 0 Å². The monoisotopic (exact) mass is 347 g/mol. The first-order valence-electron chi connectivity index (χ1n) is 8.75. The molecule has 1 aliphatic rings. The molecule has 0 unspecified atom stereocenters. The molecule has 1 aliphatic carbocycles. The predicted octanol–water partition coefficient (Wildman–Crippen LogP) is 4.11. The van der Waals surface area contributed by atoms with Gasteiger partial charge in [0, 0.05) is 23.7 Å². The Bertz CT molecular complexity index is 879. The molecular formula is C21H21N3O2. The minimum atomic E-state index is -0.0433. The van der Waals surface area contributed by atoms with Crippen LogP contribution in [0.4, 0.5) is 11.4 Å². The van der Waals surface area contributed by atoms with E-state index >= 15 is 0 Å². The van der Waals surface area contributed by atoms with Crippen molar-refractivity contribution < 1.29 is 9.59 Å². The van der Waals surface area contributed by atoms with Gasteiger partial charge in [0.15, 0.2) is 5.78 Å². The van der Waals surface area contributed by atoms with E-state index in [-0.39, 0.29) is 17.6 Å². The van der Waals surface area contributed by atoms with Gasteiger partial charge >= 0.3 is 0 Å². The standard InChI is InChI=1S/C21H21N3O2/c1-14(25)17-8-9-18(12-22)20(11-17)23-13-15-4-2-7-19(10-15)24-21(26)16-5-3-6-16/h2,4,7-11,16,23H,3,5-6,13H2,1H3,(H,24,26). The average molecular weight is 347 g/mol. The molecule has 0 spiro atoms. The van der Waals surface area contributed by atoms with E-state index in [1.807, 2.05) is 24.3 Å². The maximum absolute atomic E-state index is 12.1. The molecule has 1 amide bonds. The van der Waals surface area contributed by atoms with Crippen molar-refractivity contribution in [1.82, 2.24) is 0 Å². The maximum Gasteiger partial charge on any atom is 0.227 e. The van der Waals surface area contributed by atoms with Crippen molar-refractivity contribution in [2.45, 2.75) is 32.7 Å². The normalized spacial score (nSPS) is 13.4. The molecule has 0 saturated heterocycles. The van der Waals surface area contributed by atoms with Gasteiger partial charge < -0.3 is 10.6 Å². The molecule has 2 aromatic carbocycles. The summed E-state index contributed by atoms with van der Waals surface area (Å²) in [6.07, 6.45) is 3.07. The molecule has 0 atom stereocenters. The third-order valence-corrected chi connectivity index (χ3v) is 4.70. The van der Waals surface area contributed by atoms with Crippen LogP contribution in [0.1, 0.15) is 47.7 Å². The number of hydrogen-bond acceptors (Lipinski definition) is 4. The molecule has 1 saturated carbocycles. The van der Waals surface area contributed by atoms with E-state index in [1.165, 1.54) is 6.92 Å². The van der Waals surface area contributed by atoms with Gasteiger partial charge in [-0.3, -0.25) is 9.59 Å². The highest BCUT2D eigenvalue weighted by molar-refractivity contribution is 5.95. The highest BCUT2D eigenvalue weighted by Crippen LogP contribution is 2.27. The van der Waals surface area contributed by atoms with Crippen LogP contribution >= 0.6 is 0 Å². The van der Waals surface area contributed by atoms with Crippen molar-refractivity contribution in [1.29, 1.82) is 5.26 Å². The lowest BCUT2D eigenvalue weighted by atomic mass is 9.85. The number of carbonyl (C=O) groups is 2. The van der Waals surface area contributed by atoms with Crippen molar-refractivity contribution in [3.8, 4) is 6.07 Å². The van der Waals surface area contributed by atoms with Gasteiger partial charge in [-0.25, -0.2) is 0 Å². The summed E-state index contributed by atoms with van der Waals surface area (Å²) in [6, 6.07) is 14.8. The minimum Gasteiger partial charge on any atom is -0.380 e. The Hall–Kier alpha value is -3.13. The summed E-state index contributed by atoms with van der Waals surface area (Å²) in [6.45, 7) is 1.99. The molecule has 5 nitrogen and oxygen atoms in total. The Kier molecular flexibility index (Phi) is 5.33. The van der Waals surface area contributed by atoms with Crippen LogP contribution in [-0.2, 0) is 11.3 Å². The molecule has 3 rings (SSSR count). The second-order valence-corrected chi connectivity index (χ2v) is 6.60. The van der Waals surface area contributed by atoms with E-state index in [1.54, 1.807) is 18.2 Å². The molecule has 2 N–H and O–H groups in total. The van der Waals surface area contributed by atoms with Crippen molar-refractivity contribution in [3.05, 3.63) is 59.2 Å². The molecule has 0 heterocycles. The van der Waals surface area contributed by atoms with Gasteiger partial charge in [0.05, 0.1) is 11.3 Å².